The maximum atomic E-state index is 11.0. The summed E-state index contributed by atoms with van der Waals surface area (Å²) < 4.78 is 0. The van der Waals surface area contributed by atoms with Crippen LogP contribution in [0, 0.1) is 0 Å². The minimum Gasteiger partial charge on any atom is -0.481 e. The minimum absolute atomic E-state index is 0.131. The molecule has 0 amide bonds. The summed E-state index contributed by atoms with van der Waals surface area (Å²) in [6.45, 7) is 0. The number of hydrogen-bond acceptors (Lipinski definition) is 3. The summed E-state index contributed by atoms with van der Waals surface area (Å²) in [5.41, 5.74) is 8.38. The molecule has 0 fully saturated rings. The highest BCUT2D eigenvalue weighted by molar-refractivity contribution is 5.89. The van der Waals surface area contributed by atoms with Crippen molar-refractivity contribution in [3.05, 3.63) is 59.7 Å². The summed E-state index contributed by atoms with van der Waals surface area (Å²) in [5, 5.41) is 17.7. The number of nitrogens with two attached hydrogens (primary N) is 1. The van der Waals surface area contributed by atoms with Crippen LogP contribution in [0.1, 0.15) is 28.4 Å². The highest BCUT2D eigenvalue weighted by Gasteiger charge is 2.11. The second-order valence-electron chi connectivity index (χ2n) is 4.71. The molecule has 1 atom stereocenters. The van der Waals surface area contributed by atoms with E-state index in [0.29, 0.717) is 0 Å². The summed E-state index contributed by atoms with van der Waals surface area (Å²) in [6.07, 6.45) is -0.131. The summed E-state index contributed by atoms with van der Waals surface area (Å²) in [6, 6.07) is 13.2. The van der Waals surface area contributed by atoms with E-state index < -0.39 is 18.0 Å². The number of rotatable bonds is 5. The lowest BCUT2D eigenvalue weighted by Crippen LogP contribution is -2.14. The molecule has 5 nitrogen and oxygen atoms in total. The van der Waals surface area contributed by atoms with Crippen LogP contribution in [-0.2, 0) is 4.79 Å². The largest absolute Gasteiger partial charge is 0.481 e. The van der Waals surface area contributed by atoms with Crippen LogP contribution in [0.3, 0.4) is 0 Å². The number of hydrogen-bond donors (Lipinski definition) is 3. The van der Waals surface area contributed by atoms with Gasteiger partial charge in [-0.3, -0.25) is 4.79 Å². The molecule has 21 heavy (non-hydrogen) atoms. The van der Waals surface area contributed by atoms with Gasteiger partial charge in [0.2, 0.25) is 0 Å². The van der Waals surface area contributed by atoms with E-state index in [1.54, 1.807) is 36.4 Å². The Hall–Kier alpha value is -2.66. The number of carboxylic acid groups (broad SMARTS) is 2. The Morgan fingerprint density at radius 3 is 2.24 bits per heavy atom. The van der Waals surface area contributed by atoms with E-state index in [9.17, 15) is 9.59 Å². The van der Waals surface area contributed by atoms with Crippen LogP contribution in [0.15, 0.2) is 48.5 Å². The maximum absolute atomic E-state index is 11.0. The molecule has 2 aromatic carbocycles. The fourth-order valence-electron chi connectivity index (χ4n) is 2.06. The Morgan fingerprint density at radius 1 is 1.00 bits per heavy atom. The Bertz CT molecular complexity index is 664. The lowest BCUT2D eigenvalue weighted by molar-refractivity contribution is -0.137. The molecule has 0 aliphatic rings. The number of carboxylic acids is 2. The molecule has 0 aliphatic carbocycles. The van der Waals surface area contributed by atoms with E-state index >= 15 is 0 Å². The Morgan fingerprint density at radius 2 is 1.67 bits per heavy atom. The van der Waals surface area contributed by atoms with Gasteiger partial charge in [-0.05, 0) is 28.8 Å². The molecule has 0 bridgehead atoms. The molecular weight excluding hydrogens is 270 g/mol. The van der Waals surface area contributed by atoms with Crippen molar-refractivity contribution < 1.29 is 19.8 Å². The number of aromatic carboxylic acids is 1. The van der Waals surface area contributed by atoms with Crippen molar-refractivity contribution >= 4 is 11.9 Å². The van der Waals surface area contributed by atoms with E-state index in [2.05, 4.69) is 0 Å². The maximum Gasteiger partial charge on any atom is 0.335 e. The predicted molar refractivity (Wildman–Crippen MR) is 78.0 cm³/mol. The van der Waals surface area contributed by atoms with Gasteiger partial charge in [-0.1, -0.05) is 36.4 Å². The van der Waals surface area contributed by atoms with Crippen LogP contribution in [0.25, 0.3) is 11.1 Å². The van der Waals surface area contributed by atoms with E-state index in [0.717, 1.165) is 16.7 Å². The van der Waals surface area contributed by atoms with Gasteiger partial charge in [0.25, 0.3) is 0 Å². The second-order valence-corrected chi connectivity index (χ2v) is 4.71. The molecule has 2 aromatic rings. The Kier molecular flexibility index (Phi) is 4.35. The van der Waals surface area contributed by atoms with Crippen molar-refractivity contribution in [2.75, 3.05) is 0 Å². The molecule has 4 N–H and O–H groups in total. The van der Waals surface area contributed by atoms with Crippen LogP contribution in [-0.4, -0.2) is 22.2 Å². The van der Waals surface area contributed by atoms with E-state index in [4.69, 9.17) is 15.9 Å². The van der Waals surface area contributed by atoms with Gasteiger partial charge in [0.15, 0.2) is 0 Å². The van der Waals surface area contributed by atoms with Gasteiger partial charge in [0, 0.05) is 6.04 Å². The summed E-state index contributed by atoms with van der Waals surface area (Å²) >= 11 is 0. The summed E-state index contributed by atoms with van der Waals surface area (Å²) in [7, 11) is 0. The van der Waals surface area contributed by atoms with Crippen LogP contribution in [0.5, 0.6) is 0 Å². The number of benzene rings is 2. The minimum atomic E-state index is -0.975. The number of aliphatic carboxylic acids is 1. The molecule has 0 aromatic heterocycles. The van der Waals surface area contributed by atoms with Gasteiger partial charge in [0.05, 0.1) is 12.0 Å². The highest BCUT2D eigenvalue weighted by Crippen LogP contribution is 2.23. The van der Waals surface area contributed by atoms with Crippen LogP contribution < -0.4 is 5.73 Å². The zero-order chi connectivity index (χ0) is 15.4. The van der Waals surface area contributed by atoms with Crippen LogP contribution in [0.4, 0.5) is 0 Å². The SMILES string of the molecule is NC(CC(=O)O)c1ccc(-c2cccc(C(=O)O)c2)cc1. The highest BCUT2D eigenvalue weighted by atomic mass is 16.4. The van der Waals surface area contributed by atoms with Crippen molar-refractivity contribution in [2.45, 2.75) is 12.5 Å². The van der Waals surface area contributed by atoms with E-state index in [1.165, 1.54) is 6.07 Å². The van der Waals surface area contributed by atoms with Crippen LogP contribution >= 0.6 is 0 Å². The molecule has 2 rings (SSSR count). The van der Waals surface area contributed by atoms with Crippen molar-refractivity contribution in [3.63, 3.8) is 0 Å². The molecule has 0 aliphatic heterocycles. The topological polar surface area (TPSA) is 101 Å². The van der Waals surface area contributed by atoms with Gasteiger partial charge in [-0.15, -0.1) is 0 Å². The third-order valence-electron chi connectivity index (χ3n) is 3.18. The first-order valence-electron chi connectivity index (χ1n) is 6.38. The quantitative estimate of drug-likeness (QED) is 0.783. The first-order valence-corrected chi connectivity index (χ1v) is 6.38. The average Bonchev–Trinajstić information content (AvgIpc) is 2.47. The monoisotopic (exact) mass is 285 g/mol. The first-order chi connectivity index (χ1) is 9.97. The standard InChI is InChI=1S/C16H15NO4/c17-14(9-15(18)19)11-6-4-10(5-7-11)12-2-1-3-13(8-12)16(20)21/h1-8,14H,9,17H2,(H,18,19)(H,20,21). The molecule has 0 saturated carbocycles. The second kappa shape index (κ2) is 6.19. The third-order valence-corrected chi connectivity index (χ3v) is 3.18. The zero-order valence-corrected chi connectivity index (χ0v) is 11.2. The molecule has 0 spiro atoms. The van der Waals surface area contributed by atoms with Gasteiger partial charge < -0.3 is 15.9 Å². The fourth-order valence-corrected chi connectivity index (χ4v) is 2.06. The lowest BCUT2D eigenvalue weighted by Gasteiger charge is -2.10. The van der Waals surface area contributed by atoms with Crippen molar-refractivity contribution in [1.82, 2.24) is 0 Å². The Balaban J connectivity index is 2.24. The van der Waals surface area contributed by atoms with Crippen LogP contribution in [0.2, 0.25) is 0 Å². The molecule has 0 heterocycles. The van der Waals surface area contributed by atoms with Gasteiger partial charge in [-0.2, -0.15) is 0 Å². The molecule has 0 saturated heterocycles. The predicted octanol–water partition coefficient (Wildman–Crippen LogP) is 2.53. The summed E-state index contributed by atoms with van der Waals surface area (Å²) in [5.74, 6) is -1.92. The summed E-state index contributed by atoms with van der Waals surface area (Å²) in [4.78, 5) is 21.6. The number of carbonyl (C=O) groups is 2. The molecule has 108 valence electrons. The molecule has 5 heteroatoms. The molecule has 1 unspecified atom stereocenters. The third kappa shape index (κ3) is 3.67. The average molecular weight is 285 g/mol. The van der Waals surface area contributed by atoms with Crippen molar-refractivity contribution in [3.8, 4) is 11.1 Å². The van der Waals surface area contributed by atoms with Gasteiger partial charge in [-0.25, -0.2) is 4.79 Å². The molecule has 0 radical (unpaired) electrons. The van der Waals surface area contributed by atoms with E-state index in [1.807, 2.05) is 6.07 Å². The van der Waals surface area contributed by atoms with Gasteiger partial charge in [0.1, 0.15) is 0 Å². The lowest BCUT2D eigenvalue weighted by atomic mass is 9.98. The molecular formula is C16H15NO4. The first kappa shape index (κ1) is 14.7. The van der Waals surface area contributed by atoms with E-state index in [-0.39, 0.29) is 12.0 Å². The normalized spacial score (nSPS) is 11.9. The van der Waals surface area contributed by atoms with Gasteiger partial charge >= 0.3 is 11.9 Å². The van der Waals surface area contributed by atoms with Crippen molar-refractivity contribution in [1.29, 1.82) is 0 Å². The Labute approximate surface area is 121 Å². The smallest absolute Gasteiger partial charge is 0.335 e. The van der Waals surface area contributed by atoms with Crippen molar-refractivity contribution in [2.24, 2.45) is 5.73 Å². The fraction of sp³-hybridized carbons (Fsp3) is 0.125. The zero-order valence-electron chi connectivity index (χ0n) is 11.2.